The minimum Gasteiger partial charge on any atom is -0.351 e. The zero-order valence-corrected chi connectivity index (χ0v) is 16.3. The third-order valence-electron chi connectivity index (χ3n) is 3.96. The number of nitrogens with zero attached hydrogens (tertiary/aromatic N) is 2. The Hall–Kier alpha value is -2.14. The molecule has 4 nitrogen and oxygen atoms in total. The summed E-state index contributed by atoms with van der Waals surface area (Å²) in [5.74, 6) is -0.138. The molecule has 0 saturated heterocycles. The van der Waals surface area contributed by atoms with Gasteiger partial charge in [-0.25, -0.2) is 4.98 Å². The number of carbonyl (C=O) groups excluding carboxylic acids is 1. The fourth-order valence-electron chi connectivity index (χ4n) is 2.62. The summed E-state index contributed by atoms with van der Waals surface area (Å²) in [6.45, 7) is 1.36. The Morgan fingerprint density at radius 1 is 1.08 bits per heavy atom. The highest BCUT2D eigenvalue weighted by Crippen LogP contribution is 2.28. The van der Waals surface area contributed by atoms with E-state index >= 15 is 0 Å². The number of hydrogen-bond acceptors (Lipinski definition) is 3. The van der Waals surface area contributed by atoms with Gasteiger partial charge in [-0.05, 0) is 38.4 Å². The van der Waals surface area contributed by atoms with Crippen LogP contribution in [0.25, 0.3) is 22.2 Å². The molecule has 1 amide bonds. The topological polar surface area (TPSA) is 45.2 Å². The first-order chi connectivity index (χ1) is 12.1. The SMILES string of the molecule is CN(C)CCNC(=O)c1ccc(Cl)c2ccc(-c3ccccc3)nc12.Cl. The first-order valence-corrected chi connectivity index (χ1v) is 8.51. The molecule has 1 aromatic heterocycles. The Labute approximate surface area is 164 Å². The van der Waals surface area contributed by atoms with E-state index in [1.807, 2.05) is 61.5 Å². The molecule has 0 radical (unpaired) electrons. The Morgan fingerprint density at radius 3 is 2.50 bits per heavy atom. The zero-order chi connectivity index (χ0) is 17.8. The fraction of sp³-hybridized carbons (Fsp3) is 0.200. The van der Waals surface area contributed by atoms with Crippen molar-refractivity contribution < 1.29 is 4.79 Å². The largest absolute Gasteiger partial charge is 0.351 e. The molecule has 0 aliphatic rings. The van der Waals surface area contributed by atoms with Crippen LogP contribution in [0, 0.1) is 0 Å². The first-order valence-electron chi connectivity index (χ1n) is 8.14. The van der Waals surface area contributed by atoms with Crippen molar-refractivity contribution in [2.24, 2.45) is 0 Å². The molecule has 0 spiro atoms. The van der Waals surface area contributed by atoms with Crippen molar-refractivity contribution in [1.82, 2.24) is 15.2 Å². The normalized spacial score (nSPS) is 10.6. The van der Waals surface area contributed by atoms with Crippen molar-refractivity contribution in [1.29, 1.82) is 0 Å². The highest BCUT2D eigenvalue weighted by Gasteiger charge is 2.14. The molecule has 0 bridgehead atoms. The third-order valence-corrected chi connectivity index (χ3v) is 4.29. The summed E-state index contributed by atoms with van der Waals surface area (Å²) >= 11 is 6.30. The van der Waals surface area contributed by atoms with E-state index in [0.29, 0.717) is 22.6 Å². The van der Waals surface area contributed by atoms with Gasteiger partial charge in [-0.3, -0.25) is 4.79 Å². The minimum atomic E-state index is -0.138. The summed E-state index contributed by atoms with van der Waals surface area (Å²) in [7, 11) is 3.94. The summed E-state index contributed by atoms with van der Waals surface area (Å²) in [6, 6.07) is 17.2. The van der Waals surface area contributed by atoms with Gasteiger partial charge in [0.25, 0.3) is 5.91 Å². The second-order valence-electron chi connectivity index (χ2n) is 6.11. The van der Waals surface area contributed by atoms with Crippen LogP contribution in [0.15, 0.2) is 54.6 Å². The average molecular weight is 390 g/mol. The highest BCUT2D eigenvalue weighted by atomic mass is 35.5. The van der Waals surface area contributed by atoms with Gasteiger partial charge in [-0.2, -0.15) is 0 Å². The molecule has 136 valence electrons. The van der Waals surface area contributed by atoms with Gasteiger partial charge in [0.05, 0.1) is 21.8 Å². The Kier molecular flexibility index (Phi) is 6.98. The van der Waals surface area contributed by atoms with Crippen molar-refractivity contribution in [3.63, 3.8) is 0 Å². The molecular weight excluding hydrogens is 369 g/mol. The summed E-state index contributed by atoms with van der Waals surface area (Å²) in [5, 5.41) is 4.31. The van der Waals surface area contributed by atoms with Crippen molar-refractivity contribution >= 4 is 40.8 Å². The summed E-state index contributed by atoms with van der Waals surface area (Å²) in [4.78, 5) is 19.3. The molecule has 0 saturated carbocycles. The Morgan fingerprint density at radius 2 is 1.81 bits per heavy atom. The average Bonchev–Trinajstić information content (AvgIpc) is 2.62. The van der Waals surface area contributed by atoms with Gasteiger partial charge in [0, 0.05) is 24.0 Å². The van der Waals surface area contributed by atoms with Gasteiger partial charge in [-0.1, -0.05) is 41.9 Å². The van der Waals surface area contributed by atoms with Crippen LogP contribution in [-0.2, 0) is 0 Å². The van der Waals surface area contributed by atoms with Crippen LogP contribution in [0.2, 0.25) is 5.02 Å². The molecule has 0 atom stereocenters. The Bertz CT molecular complexity index is 898. The molecular formula is C20H21Cl2N3O. The lowest BCUT2D eigenvalue weighted by atomic mass is 10.1. The number of aromatic nitrogens is 1. The molecule has 0 unspecified atom stereocenters. The first kappa shape index (κ1) is 20.2. The number of pyridine rings is 1. The van der Waals surface area contributed by atoms with Gasteiger partial charge >= 0.3 is 0 Å². The minimum absolute atomic E-state index is 0. The van der Waals surface area contributed by atoms with E-state index < -0.39 is 0 Å². The van der Waals surface area contributed by atoms with Crippen LogP contribution in [0.4, 0.5) is 0 Å². The number of hydrogen-bond donors (Lipinski definition) is 1. The summed E-state index contributed by atoms with van der Waals surface area (Å²) in [6.07, 6.45) is 0. The standard InChI is InChI=1S/C20H20ClN3O.ClH/c1-24(2)13-12-22-20(25)16-8-10-17(21)15-9-11-18(23-19(15)16)14-6-4-3-5-7-14;/h3-11H,12-13H2,1-2H3,(H,22,25);1H. The number of nitrogens with one attached hydrogen (secondary N) is 1. The molecule has 2 aromatic carbocycles. The van der Waals surface area contributed by atoms with Gasteiger partial charge in [0.2, 0.25) is 0 Å². The van der Waals surface area contributed by atoms with E-state index in [2.05, 4.69) is 5.32 Å². The number of amides is 1. The van der Waals surface area contributed by atoms with Crippen molar-refractivity contribution in [3.8, 4) is 11.3 Å². The fourth-order valence-corrected chi connectivity index (χ4v) is 2.84. The molecule has 0 aliphatic heterocycles. The predicted octanol–water partition coefficient (Wildman–Crippen LogP) is 4.27. The van der Waals surface area contributed by atoms with Crippen LogP contribution in [-0.4, -0.2) is 43.0 Å². The quantitative estimate of drug-likeness (QED) is 0.708. The number of carbonyl (C=O) groups is 1. The van der Waals surface area contributed by atoms with Crippen LogP contribution < -0.4 is 5.32 Å². The molecule has 1 N–H and O–H groups in total. The lowest BCUT2D eigenvalue weighted by molar-refractivity contribution is 0.0952. The maximum atomic E-state index is 12.6. The molecule has 26 heavy (non-hydrogen) atoms. The van der Waals surface area contributed by atoms with E-state index in [9.17, 15) is 4.79 Å². The van der Waals surface area contributed by atoms with Gasteiger partial charge in [-0.15, -0.1) is 12.4 Å². The van der Waals surface area contributed by atoms with E-state index in [0.717, 1.165) is 23.2 Å². The number of rotatable bonds is 5. The molecule has 0 fully saturated rings. The zero-order valence-electron chi connectivity index (χ0n) is 14.7. The molecule has 1 heterocycles. The van der Waals surface area contributed by atoms with E-state index in [1.165, 1.54) is 0 Å². The molecule has 0 aliphatic carbocycles. The lowest BCUT2D eigenvalue weighted by Gasteiger charge is -2.12. The lowest BCUT2D eigenvalue weighted by Crippen LogP contribution is -2.31. The van der Waals surface area contributed by atoms with Crippen LogP contribution >= 0.6 is 24.0 Å². The second kappa shape index (κ2) is 8.99. The smallest absolute Gasteiger partial charge is 0.253 e. The third kappa shape index (κ3) is 4.52. The number of likely N-dealkylation sites (N-methyl/N-ethyl adjacent to an activating group) is 1. The van der Waals surface area contributed by atoms with E-state index in [4.69, 9.17) is 16.6 Å². The second-order valence-corrected chi connectivity index (χ2v) is 6.52. The molecule has 3 aromatic rings. The highest BCUT2D eigenvalue weighted by molar-refractivity contribution is 6.36. The van der Waals surface area contributed by atoms with Crippen LogP contribution in [0.5, 0.6) is 0 Å². The van der Waals surface area contributed by atoms with Crippen molar-refractivity contribution in [2.75, 3.05) is 27.2 Å². The van der Waals surface area contributed by atoms with Crippen LogP contribution in [0.1, 0.15) is 10.4 Å². The summed E-state index contributed by atoms with van der Waals surface area (Å²) in [5.41, 5.74) is 2.98. The monoisotopic (exact) mass is 389 g/mol. The summed E-state index contributed by atoms with van der Waals surface area (Å²) < 4.78 is 0. The van der Waals surface area contributed by atoms with Gasteiger partial charge < -0.3 is 10.2 Å². The van der Waals surface area contributed by atoms with E-state index in [-0.39, 0.29) is 18.3 Å². The number of benzene rings is 2. The van der Waals surface area contributed by atoms with Crippen molar-refractivity contribution in [2.45, 2.75) is 0 Å². The number of fused-ring (bicyclic) bond motifs is 1. The van der Waals surface area contributed by atoms with Crippen molar-refractivity contribution in [3.05, 3.63) is 65.2 Å². The molecule has 6 heteroatoms. The van der Waals surface area contributed by atoms with Gasteiger partial charge in [0.1, 0.15) is 0 Å². The van der Waals surface area contributed by atoms with Crippen LogP contribution in [0.3, 0.4) is 0 Å². The van der Waals surface area contributed by atoms with E-state index in [1.54, 1.807) is 12.1 Å². The Balaban J connectivity index is 0.00000243. The predicted molar refractivity (Wildman–Crippen MR) is 110 cm³/mol. The van der Waals surface area contributed by atoms with Gasteiger partial charge in [0.15, 0.2) is 0 Å². The maximum Gasteiger partial charge on any atom is 0.253 e. The molecule has 3 rings (SSSR count). The number of halogens is 2. The maximum absolute atomic E-state index is 12.6.